The molecular weight excluding hydrogens is 819 g/mol. The zero-order valence-corrected chi connectivity index (χ0v) is 35.8. The number of nitrogens with one attached hydrogen (secondary N) is 4. The number of carbonyl (C=O) groups excluding carboxylic acids is 2. The van der Waals surface area contributed by atoms with Gasteiger partial charge in [-0.05, 0) is 87.6 Å². The highest BCUT2D eigenvalue weighted by molar-refractivity contribution is 7.23. The van der Waals surface area contributed by atoms with E-state index in [2.05, 4.69) is 56.2 Å². The van der Waals surface area contributed by atoms with Crippen molar-refractivity contribution in [3.63, 3.8) is 0 Å². The third-order valence-electron chi connectivity index (χ3n) is 9.24. The first-order valence-corrected chi connectivity index (χ1v) is 21.1. The number of urea groups is 2. The molecule has 4 amide bonds. The van der Waals surface area contributed by atoms with E-state index in [9.17, 15) is 19.8 Å². The number of aliphatic hydroxyl groups is 2. The molecule has 5 aromatic heterocycles. The van der Waals surface area contributed by atoms with Crippen LogP contribution in [0.4, 0.5) is 19.9 Å². The highest BCUT2D eigenvalue weighted by atomic mass is 32.1. The minimum absolute atomic E-state index is 0.250. The number of ether oxygens (including phenoxy) is 2. The number of aryl methyl sites for hydroxylation is 1. The molecule has 6 N–H and O–H groups in total. The average Bonchev–Trinajstić information content (AvgIpc) is 3.85. The van der Waals surface area contributed by atoms with Crippen molar-refractivity contribution < 1.29 is 29.3 Å². The van der Waals surface area contributed by atoms with Gasteiger partial charge in [0, 0.05) is 73.6 Å². The van der Waals surface area contributed by atoms with Crippen LogP contribution in [-0.2, 0) is 23.6 Å². The fraction of sp³-hybridized carbons (Fsp3) is 0.310. The normalized spacial score (nSPS) is 12.0. The van der Waals surface area contributed by atoms with Crippen molar-refractivity contribution in [3.05, 3.63) is 95.9 Å². The molecule has 0 aliphatic heterocycles. The average molecular weight is 864 g/mol. The summed E-state index contributed by atoms with van der Waals surface area (Å²) >= 11 is 2.64. The summed E-state index contributed by atoms with van der Waals surface area (Å²) in [5.74, 6) is 1.14. The van der Waals surface area contributed by atoms with Crippen LogP contribution in [0.3, 0.4) is 0 Å². The Bertz CT molecular complexity index is 2630. The highest BCUT2D eigenvalue weighted by Gasteiger charge is 2.21. The summed E-state index contributed by atoms with van der Waals surface area (Å²) < 4.78 is 13.3. The van der Waals surface area contributed by atoms with Gasteiger partial charge in [-0.25, -0.2) is 39.5 Å². The minimum Gasteiger partial charge on any atom is -0.487 e. The van der Waals surface area contributed by atoms with Crippen LogP contribution in [0.1, 0.15) is 68.2 Å². The van der Waals surface area contributed by atoms with E-state index in [1.165, 1.54) is 22.7 Å². The molecule has 0 fully saturated rings. The Hall–Kier alpha value is -6.25. The molecule has 0 saturated heterocycles. The Morgan fingerprint density at radius 1 is 0.787 bits per heavy atom. The first-order valence-electron chi connectivity index (χ1n) is 19.4. The van der Waals surface area contributed by atoms with E-state index in [1.54, 1.807) is 51.9 Å². The Labute approximate surface area is 359 Å². The van der Waals surface area contributed by atoms with Gasteiger partial charge in [0.2, 0.25) is 0 Å². The molecule has 2 aromatic carbocycles. The van der Waals surface area contributed by atoms with Gasteiger partial charge < -0.3 is 30.3 Å². The molecule has 0 spiro atoms. The van der Waals surface area contributed by atoms with Gasteiger partial charge in [0.05, 0.1) is 27.0 Å². The van der Waals surface area contributed by atoms with Crippen molar-refractivity contribution in [2.75, 3.05) is 30.8 Å². The number of hydrogen-bond donors (Lipinski definition) is 6. The van der Waals surface area contributed by atoms with E-state index in [0.717, 1.165) is 42.9 Å². The maximum atomic E-state index is 12.9. The van der Waals surface area contributed by atoms with E-state index < -0.39 is 17.7 Å². The van der Waals surface area contributed by atoms with E-state index in [1.807, 2.05) is 50.2 Å². The summed E-state index contributed by atoms with van der Waals surface area (Å²) in [6.07, 6.45) is 8.15. The second-order valence-corrected chi connectivity index (χ2v) is 16.6. The van der Waals surface area contributed by atoms with E-state index >= 15 is 0 Å². The first kappa shape index (κ1) is 42.9. The summed E-state index contributed by atoms with van der Waals surface area (Å²) in [6.45, 7) is 8.39. The second kappa shape index (κ2) is 19.0. The predicted octanol–water partition coefficient (Wildman–Crippen LogP) is 7.25. The van der Waals surface area contributed by atoms with Crippen LogP contribution in [0.15, 0.2) is 67.4 Å². The van der Waals surface area contributed by atoms with E-state index in [-0.39, 0.29) is 25.0 Å². The quantitative estimate of drug-likeness (QED) is 0.0526. The highest BCUT2D eigenvalue weighted by Crippen LogP contribution is 2.39. The van der Waals surface area contributed by atoms with Gasteiger partial charge >= 0.3 is 12.1 Å². The van der Waals surface area contributed by atoms with Crippen molar-refractivity contribution in [1.82, 2.24) is 45.5 Å². The van der Waals surface area contributed by atoms with Gasteiger partial charge in [-0.15, -0.1) is 0 Å². The number of aromatic nitrogens is 7. The molecular formula is C42H45N11O6S2. The van der Waals surface area contributed by atoms with Crippen LogP contribution >= 0.6 is 22.7 Å². The molecule has 19 heteroatoms. The summed E-state index contributed by atoms with van der Waals surface area (Å²) in [5, 5.41) is 33.1. The fourth-order valence-corrected chi connectivity index (χ4v) is 8.03. The molecule has 61 heavy (non-hydrogen) atoms. The second-order valence-electron chi connectivity index (χ2n) is 14.6. The molecule has 17 nitrogen and oxygen atoms in total. The standard InChI is InChI=1S/C42H45N11O6S2/c1-6-43-38(55)52-41-51-31-14-26(15-33(35(31)61-41)59-21-24-10-9-23(2)45-16-24)28-17-46-36(47-18-28)32(54)8-7-11-44-39(56)53-40-50-30-13-25(12-27(22-58-5)34(30)60-40)29-19-48-37(49-20-29)42(3,4)57/h9-10,12-20,32,54,57H,6-8,11,21-22H2,1-5H3,(H2,43,51,52,55)(H2,44,50,53,56). The lowest BCUT2D eigenvalue weighted by Gasteiger charge is -2.15. The van der Waals surface area contributed by atoms with Crippen molar-refractivity contribution >= 4 is 65.4 Å². The van der Waals surface area contributed by atoms with Gasteiger partial charge in [-0.2, -0.15) is 0 Å². The molecule has 7 rings (SSSR count). The minimum atomic E-state index is -1.16. The number of methoxy groups -OCH3 is 1. The maximum absolute atomic E-state index is 12.9. The molecule has 0 bridgehead atoms. The first-order chi connectivity index (χ1) is 29.4. The van der Waals surface area contributed by atoms with Crippen LogP contribution in [0, 0.1) is 6.92 Å². The Kier molecular flexibility index (Phi) is 13.3. The Balaban J connectivity index is 0.958. The Morgan fingerprint density at radius 3 is 2.03 bits per heavy atom. The zero-order valence-electron chi connectivity index (χ0n) is 34.1. The number of rotatable bonds is 16. The number of nitrogens with zero attached hydrogens (tertiary/aromatic N) is 7. The van der Waals surface area contributed by atoms with E-state index in [4.69, 9.17) is 9.47 Å². The molecule has 0 saturated carbocycles. The van der Waals surface area contributed by atoms with E-state index in [0.29, 0.717) is 64.4 Å². The van der Waals surface area contributed by atoms with Crippen LogP contribution in [0.2, 0.25) is 0 Å². The largest absolute Gasteiger partial charge is 0.487 e. The molecule has 316 valence electrons. The number of amides is 4. The lowest BCUT2D eigenvalue weighted by Crippen LogP contribution is -2.29. The summed E-state index contributed by atoms with van der Waals surface area (Å²) in [5.41, 5.74) is 5.84. The van der Waals surface area contributed by atoms with Crippen molar-refractivity contribution in [1.29, 1.82) is 0 Å². The summed E-state index contributed by atoms with van der Waals surface area (Å²) in [6, 6.07) is 10.7. The molecule has 1 unspecified atom stereocenters. The van der Waals surface area contributed by atoms with Gasteiger partial charge in [-0.3, -0.25) is 15.6 Å². The molecule has 7 aromatic rings. The smallest absolute Gasteiger partial charge is 0.321 e. The number of anilines is 2. The third-order valence-corrected chi connectivity index (χ3v) is 11.3. The molecule has 5 heterocycles. The Morgan fingerprint density at radius 2 is 1.41 bits per heavy atom. The van der Waals surface area contributed by atoms with Crippen molar-refractivity contribution in [3.8, 4) is 28.0 Å². The lowest BCUT2D eigenvalue weighted by molar-refractivity contribution is 0.0687. The number of benzene rings is 2. The molecule has 0 aliphatic rings. The number of carbonyl (C=O) groups is 2. The van der Waals surface area contributed by atoms with Crippen LogP contribution < -0.4 is 26.0 Å². The number of pyridine rings is 1. The zero-order chi connectivity index (χ0) is 43.1. The summed E-state index contributed by atoms with van der Waals surface area (Å²) in [4.78, 5) is 56.3. The van der Waals surface area contributed by atoms with Crippen molar-refractivity contribution in [2.45, 2.75) is 65.5 Å². The lowest BCUT2D eigenvalue weighted by atomic mass is 10.0. The molecule has 0 radical (unpaired) electrons. The van der Waals surface area contributed by atoms with Gasteiger partial charge in [0.25, 0.3) is 0 Å². The maximum Gasteiger partial charge on any atom is 0.321 e. The fourth-order valence-electron chi connectivity index (χ4n) is 6.18. The van der Waals surface area contributed by atoms with Crippen LogP contribution in [0.5, 0.6) is 5.75 Å². The number of aliphatic hydroxyl groups excluding tert-OH is 1. The van der Waals surface area contributed by atoms with Gasteiger partial charge in [0.1, 0.15) is 24.1 Å². The SMILES string of the molecule is CCNC(=O)Nc1nc2cc(-c3cnc(C(O)CCCNC(=O)Nc4nc5cc(-c6cnc(C(C)(C)O)nc6)cc(COC)c5s4)nc3)cc(OCc3ccc(C)nc3)c2s1. The molecule has 0 aliphatic carbocycles. The molecule has 1 atom stereocenters. The van der Waals surface area contributed by atoms with Crippen LogP contribution in [0.25, 0.3) is 42.7 Å². The summed E-state index contributed by atoms with van der Waals surface area (Å²) in [7, 11) is 1.61. The third kappa shape index (κ3) is 10.7. The van der Waals surface area contributed by atoms with Gasteiger partial charge in [-0.1, -0.05) is 28.7 Å². The number of thiazole rings is 2. The van der Waals surface area contributed by atoms with Crippen LogP contribution in [-0.4, -0.2) is 77.4 Å². The van der Waals surface area contributed by atoms with Gasteiger partial charge in [0.15, 0.2) is 21.9 Å². The number of hydrogen-bond acceptors (Lipinski definition) is 15. The number of fused-ring (bicyclic) bond motifs is 2. The van der Waals surface area contributed by atoms with Crippen molar-refractivity contribution in [2.24, 2.45) is 0 Å². The predicted molar refractivity (Wildman–Crippen MR) is 234 cm³/mol. The topological polar surface area (TPSA) is 231 Å². The monoisotopic (exact) mass is 863 g/mol.